The molecule has 0 radical (unpaired) electrons. The highest BCUT2D eigenvalue weighted by atomic mass is 16.5. The number of fused-ring (bicyclic) bond motifs is 1. The number of allylic oxidation sites excluding steroid dienone is 2. The van der Waals surface area contributed by atoms with Crippen molar-refractivity contribution < 1.29 is 14.3 Å². The number of ether oxygens (including phenoxy) is 1. The Morgan fingerprint density at radius 2 is 2.03 bits per heavy atom. The highest BCUT2D eigenvalue weighted by molar-refractivity contribution is 6.00. The highest BCUT2D eigenvalue weighted by Crippen LogP contribution is 2.32. The van der Waals surface area contributed by atoms with E-state index >= 15 is 0 Å². The Bertz CT molecular complexity index is 912. The van der Waals surface area contributed by atoms with Crippen LogP contribution in [0.2, 0.25) is 0 Å². The van der Waals surface area contributed by atoms with Crippen LogP contribution in [0.3, 0.4) is 0 Å². The fourth-order valence-corrected chi connectivity index (χ4v) is 4.62. The maximum Gasteiger partial charge on any atom is 0.333 e. The van der Waals surface area contributed by atoms with Crippen molar-refractivity contribution in [3.05, 3.63) is 65.7 Å². The van der Waals surface area contributed by atoms with Gasteiger partial charge >= 0.3 is 5.97 Å². The van der Waals surface area contributed by atoms with Crippen molar-refractivity contribution in [3.8, 4) is 0 Å². The maximum absolute atomic E-state index is 12.8. The molecule has 3 aliphatic heterocycles. The molecule has 2 saturated heterocycles. The van der Waals surface area contributed by atoms with Crippen LogP contribution in [0, 0.1) is 0 Å². The smallest absolute Gasteiger partial charge is 0.333 e. The molecule has 0 aromatic carbocycles. The molecule has 0 N–H and O–H groups in total. The van der Waals surface area contributed by atoms with Gasteiger partial charge in [-0.25, -0.2) is 4.79 Å². The molecular weight excluding hydrogens is 378 g/mol. The van der Waals surface area contributed by atoms with Gasteiger partial charge < -0.3 is 9.64 Å². The molecule has 0 spiro atoms. The average molecular weight is 408 g/mol. The molecule has 1 aromatic rings. The summed E-state index contributed by atoms with van der Waals surface area (Å²) in [4.78, 5) is 34.0. The van der Waals surface area contributed by atoms with Gasteiger partial charge in [-0.3, -0.25) is 14.7 Å². The molecule has 1 unspecified atom stereocenters. The van der Waals surface area contributed by atoms with E-state index in [-0.39, 0.29) is 11.9 Å². The van der Waals surface area contributed by atoms with Crippen LogP contribution in [0.4, 0.5) is 0 Å². The second-order valence-corrected chi connectivity index (χ2v) is 8.39. The van der Waals surface area contributed by atoms with E-state index in [4.69, 9.17) is 9.72 Å². The van der Waals surface area contributed by atoms with E-state index in [0.29, 0.717) is 36.6 Å². The quantitative estimate of drug-likeness (QED) is 0.552. The van der Waals surface area contributed by atoms with Gasteiger partial charge in [-0.15, -0.1) is 0 Å². The zero-order chi connectivity index (χ0) is 21.3. The molecule has 6 nitrogen and oxygen atoms in total. The van der Waals surface area contributed by atoms with Crippen molar-refractivity contribution in [1.29, 1.82) is 0 Å². The number of hydrogen-bond acceptors (Lipinski definition) is 5. The Kier molecular flexibility index (Phi) is 5.86. The Labute approximate surface area is 177 Å². The lowest BCUT2D eigenvalue weighted by molar-refractivity contribution is -0.148. The highest BCUT2D eigenvalue weighted by Gasteiger charge is 2.40. The van der Waals surface area contributed by atoms with E-state index in [2.05, 4.69) is 24.1 Å². The fourth-order valence-electron chi connectivity index (χ4n) is 4.62. The van der Waals surface area contributed by atoms with Crippen molar-refractivity contribution in [1.82, 2.24) is 14.8 Å². The van der Waals surface area contributed by atoms with Crippen LogP contribution >= 0.6 is 0 Å². The van der Waals surface area contributed by atoms with Gasteiger partial charge in [0.25, 0.3) is 5.91 Å². The number of nitrogens with zero attached hydrogens (tertiary/aromatic N) is 3. The molecule has 158 valence electrons. The Morgan fingerprint density at radius 3 is 2.73 bits per heavy atom. The van der Waals surface area contributed by atoms with Gasteiger partial charge in [0, 0.05) is 24.6 Å². The van der Waals surface area contributed by atoms with Gasteiger partial charge in [-0.1, -0.05) is 25.3 Å². The molecule has 1 amide bonds. The Morgan fingerprint density at radius 1 is 1.27 bits per heavy atom. The van der Waals surface area contributed by atoms with E-state index in [1.54, 1.807) is 4.90 Å². The topological polar surface area (TPSA) is 62.7 Å². The largest absolute Gasteiger partial charge is 0.430 e. The SMILES string of the molecule is C=C(/C=C\C)CN1CCC(c2ccc3c(n2)CN(C2CCC(=C)OC2=O)C3=O)CC1. The van der Waals surface area contributed by atoms with E-state index in [0.717, 1.165) is 49.4 Å². The third-order valence-corrected chi connectivity index (χ3v) is 6.23. The van der Waals surface area contributed by atoms with Crippen LogP contribution in [0.1, 0.15) is 60.3 Å². The van der Waals surface area contributed by atoms with Crippen molar-refractivity contribution in [2.75, 3.05) is 19.6 Å². The normalized spacial score (nSPS) is 23.2. The summed E-state index contributed by atoms with van der Waals surface area (Å²) in [6.07, 6.45) is 7.33. The first kappa shape index (κ1) is 20.5. The molecule has 3 aliphatic rings. The summed E-state index contributed by atoms with van der Waals surface area (Å²) in [5.74, 6) is 0.352. The van der Waals surface area contributed by atoms with Gasteiger partial charge in [-0.2, -0.15) is 0 Å². The average Bonchev–Trinajstić information content (AvgIpc) is 3.04. The summed E-state index contributed by atoms with van der Waals surface area (Å²) in [6.45, 7) is 13.1. The fraction of sp³-hybridized carbons (Fsp3) is 0.458. The molecule has 2 fully saturated rings. The number of pyridine rings is 1. The number of cyclic esters (lactones) is 1. The van der Waals surface area contributed by atoms with Crippen molar-refractivity contribution in [2.24, 2.45) is 0 Å². The standard InChI is InChI=1S/C24H29N3O3/c1-4-5-16(2)14-26-12-10-18(11-13-26)20-8-7-19-21(25-20)15-27(23(19)28)22-9-6-17(3)30-24(22)29/h4-5,7-8,18,22H,2-3,6,9-15H2,1H3/b5-4-. The van der Waals surface area contributed by atoms with Crippen LogP contribution in [0.5, 0.6) is 0 Å². The van der Waals surface area contributed by atoms with Crippen LogP contribution in [-0.2, 0) is 16.1 Å². The first-order valence-electron chi connectivity index (χ1n) is 10.7. The van der Waals surface area contributed by atoms with Gasteiger partial charge in [0.2, 0.25) is 0 Å². The number of likely N-dealkylation sites (tertiary alicyclic amines) is 1. The van der Waals surface area contributed by atoms with Crippen molar-refractivity contribution >= 4 is 11.9 Å². The molecule has 30 heavy (non-hydrogen) atoms. The molecule has 0 bridgehead atoms. The minimum Gasteiger partial charge on any atom is -0.430 e. The molecule has 6 heteroatoms. The molecule has 0 aliphatic carbocycles. The predicted octanol–water partition coefficient (Wildman–Crippen LogP) is 3.57. The molecule has 1 atom stereocenters. The van der Waals surface area contributed by atoms with E-state index in [1.165, 1.54) is 0 Å². The van der Waals surface area contributed by atoms with Crippen LogP contribution in [0.25, 0.3) is 0 Å². The Balaban J connectivity index is 1.41. The number of rotatable bonds is 5. The third-order valence-electron chi connectivity index (χ3n) is 6.23. The summed E-state index contributed by atoms with van der Waals surface area (Å²) in [5, 5.41) is 0. The lowest BCUT2D eigenvalue weighted by atomic mass is 9.92. The monoisotopic (exact) mass is 407 g/mol. The molecular formula is C24H29N3O3. The molecule has 1 aromatic heterocycles. The first-order chi connectivity index (χ1) is 14.5. The van der Waals surface area contributed by atoms with Crippen molar-refractivity contribution in [3.63, 3.8) is 0 Å². The number of carbonyl (C=O) groups excluding carboxylic acids is 2. The lowest BCUT2D eigenvalue weighted by Crippen LogP contribution is -2.44. The number of piperidine rings is 1. The first-order valence-corrected chi connectivity index (χ1v) is 10.7. The number of carbonyl (C=O) groups is 2. The van der Waals surface area contributed by atoms with Crippen LogP contribution in [0.15, 0.2) is 48.8 Å². The number of esters is 1. The minimum absolute atomic E-state index is 0.129. The van der Waals surface area contributed by atoms with Gasteiger partial charge in [0.05, 0.1) is 17.8 Å². The van der Waals surface area contributed by atoms with E-state index in [9.17, 15) is 9.59 Å². The van der Waals surface area contributed by atoms with Gasteiger partial charge in [0.15, 0.2) is 0 Å². The second-order valence-electron chi connectivity index (χ2n) is 8.39. The number of hydrogen-bond donors (Lipinski definition) is 0. The predicted molar refractivity (Wildman–Crippen MR) is 115 cm³/mol. The zero-order valence-corrected chi connectivity index (χ0v) is 17.6. The minimum atomic E-state index is -0.547. The van der Waals surface area contributed by atoms with Gasteiger partial charge in [0.1, 0.15) is 11.8 Å². The van der Waals surface area contributed by atoms with Gasteiger partial charge in [-0.05, 0) is 57.0 Å². The third kappa shape index (κ3) is 4.10. The van der Waals surface area contributed by atoms with E-state index in [1.807, 2.05) is 25.1 Å². The Hall–Kier alpha value is -2.73. The van der Waals surface area contributed by atoms with Crippen LogP contribution in [-0.4, -0.2) is 52.3 Å². The van der Waals surface area contributed by atoms with Crippen molar-refractivity contribution in [2.45, 2.75) is 51.1 Å². The molecule has 0 saturated carbocycles. The molecule has 4 heterocycles. The second kappa shape index (κ2) is 8.56. The zero-order valence-electron chi connectivity index (χ0n) is 17.6. The summed E-state index contributed by atoms with van der Waals surface area (Å²) in [6, 6.07) is 3.32. The van der Waals surface area contributed by atoms with Crippen LogP contribution < -0.4 is 0 Å². The number of aromatic nitrogens is 1. The summed E-state index contributed by atoms with van der Waals surface area (Å²) in [5.41, 5.74) is 3.57. The summed E-state index contributed by atoms with van der Waals surface area (Å²) < 4.78 is 5.17. The summed E-state index contributed by atoms with van der Waals surface area (Å²) in [7, 11) is 0. The van der Waals surface area contributed by atoms with E-state index < -0.39 is 6.04 Å². The molecule has 4 rings (SSSR count). The lowest BCUT2D eigenvalue weighted by Gasteiger charge is -2.32. The number of amides is 1. The maximum atomic E-state index is 12.8. The summed E-state index contributed by atoms with van der Waals surface area (Å²) >= 11 is 0.